The third kappa shape index (κ3) is 2.16. The fourth-order valence-corrected chi connectivity index (χ4v) is 3.24. The van der Waals surface area contributed by atoms with Crippen molar-refractivity contribution in [1.29, 1.82) is 0 Å². The SMILES string of the molecule is COCCNC(=O)c1cc2c(s1)C(=O)c1c(C)noc1C2=O. The van der Waals surface area contributed by atoms with Crippen LogP contribution in [0.1, 0.15) is 46.7 Å². The Labute approximate surface area is 129 Å². The highest BCUT2D eigenvalue weighted by molar-refractivity contribution is 7.16. The summed E-state index contributed by atoms with van der Waals surface area (Å²) >= 11 is 0.996. The Morgan fingerprint density at radius 1 is 1.41 bits per heavy atom. The minimum atomic E-state index is -0.419. The van der Waals surface area contributed by atoms with Gasteiger partial charge in [-0.2, -0.15) is 0 Å². The standard InChI is InChI=1S/C14H12N2O5S/c1-6-9-11(18)13-7(10(17)12(9)21-16-6)5-8(22-13)14(19)15-3-4-20-2/h5H,3-4H2,1-2H3,(H,15,19). The van der Waals surface area contributed by atoms with Crippen LogP contribution in [0.25, 0.3) is 0 Å². The molecule has 2 aromatic rings. The number of aromatic nitrogens is 1. The van der Waals surface area contributed by atoms with Gasteiger partial charge in [0.2, 0.25) is 17.3 Å². The molecule has 0 saturated carbocycles. The molecular formula is C14H12N2O5S. The van der Waals surface area contributed by atoms with E-state index in [0.717, 1.165) is 11.3 Å². The number of nitrogens with one attached hydrogen (secondary N) is 1. The molecule has 2 heterocycles. The van der Waals surface area contributed by atoms with Crippen LogP contribution in [0.2, 0.25) is 0 Å². The van der Waals surface area contributed by atoms with Gasteiger partial charge in [-0.1, -0.05) is 5.16 Å². The van der Waals surface area contributed by atoms with Crippen LogP contribution in [-0.2, 0) is 4.74 Å². The van der Waals surface area contributed by atoms with Gasteiger partial charge in [-0.15, -0.1) is 11.3 Å². The molecule has 22 heavy (non-hydrogen) atoms. The Balaban J connectivity index is 1.94. The number of methoxy groups -OCH3 is 1. The second-order valence-electron chi connectivity index (χ2n) is 4.73. The van der Waals surface area contributed by atoms with Crippen molar-refractivity contribution in [2.24, 2.45) is 0 Å². The topological polar surface area (TPSA) is 98.5 Å². The molecule has 0 spiro atoms. The lowest BCUT2D eigenvalue weighted by Crippen LogP contribution is -2.26. The van der Waals surface area contributed by atoms with E-state index in [9.17, 15) is 14.4 Å². The number of carbonyl (C=O) groups excluding carboxylic acids is 3. The minimum absolute atomic E-state index is 0.0564. The van der Waals surface area contributed by atoms with E-state index in [1.807, 2.05) is 0 Å². The normalized spacial score (nSPS) is 13.0. The summed E-state index contributed by atoms with van der Waals surface area (Å²) in [6.45, 7) is 2.34. The Bertz CT molecular complexity index is 789. The minimum Gasteiger partial charge on any atom is -0.383 e. The van der Waals surface area contributed by atoms with Gasteiger partial charge >= 0.3 is 0 Å². The van der Waals surface area contributed by atoms with Crippen LogP contribution in [0.3, 0.4) is 0 Å². The van der Waals surface area contributed by atoms with Crippen LogP contribution in [0.15, 0.2) is 10.6 Å². The fourth-order valence-electron chi connectivity index (χ4n) is 2.22. The Morgan fingerprint density at radius 2 is 2.18 bits per heavy atom. The van der Waals surface area contributed by atoms with Crippen molar-refractivity contribution in [3.63, 3.8) is 0 Å². The van der Waals surface area contributed by atoms with Crippen molar-refractivity contribution in [3.8, 4) is 0 Å². The van der Waals surface area contributed by atoms with E-state index < -0.39 is 5.78 Å². The molecule has 0 aliphatic heterocycles. The highest BCUT2D eigenvalue weighted by Crippen LogP contribution is 2.34. The van der Waals surface area contributed by atoms with Crippen molar-refractivity contribution in [2.45, 2.75) is 6.92 Å². The van der Waals surface area contributed by atoms with Crippen LogP contribution in [0.4, 0.5) is 0 Å². The molecule has 0 bridgehead atoms. The number of hydrogen-bond acceptors (Lipinski definition) is 7. The summed E-state index contributed by atoms with van der Waals surface area (Å²) in [7, 11) is 1.53. The molecule has 3 rings (SSSR count). The number of ether oxygens (including phenoxy) is 1. The van der Waals surface area contributed by atoms with Gasteiger partial charge in [0.25, 0.3) is 5.91 Å². The quantitative estimate of drug-likeness (QED) is 0.725. The highest BCUT2D eigenvalue weighted by atomic mass is 32.1. The fraction of sp³-hybridized carbons (Fsp3) is 0.286. The number of ketones is 2. The van der Waals surface area contributed by atoms with E-state index in [1.54, 1.807) is 6.92 Å². The van der Waals surface area contributed by atoms with E-state index in [2.05, 4.69) is 10.5 Å². The molecule has 1 amide bonds. The van der Waals surface area contributed by atoms with Crippen LogP contribution < -0.4 is 5.32 Å². The van der Waals surface area contributed by atoms with Crippen LogP contribution >= 0.6 is 11.3 Å². The second kappa shape index (κ2) is 5.47. The molecule has 0 unspecified atom stereocenters. The zero-order valence-electron chi connectivity index (χ0n) is 11.9. The lowest BCUT2D eigenvalue weighted by molar-refractivity contribution is 0.0940. The predicted octanol–water partition coefficient (Wildman–Crippen LogP) is 1.20. The van der Waals surface area contributed by atoms with E-state index >= 15 is 0 Å². The number of carbonyl (C=O) groups is 3. The monoisotopic (exact) mass is 320 g/mol. The molecule has 0 radical (unpaired) electrons. The molecule has 1 aliphatic carbocycles. The smallest absolute Gasteiger partial charge is 0.261 e. The van der Waals surface area contributed by atoms with Gasteiger partial charge in [0.15, 0.2) is 0 Å². The average molecular weight is 320 g/mol. The van der Waals surface area contributed by atoms with E-state index in [-0.39, 0.29) is 33.5 Å². The molecular weight excluding hydrogens is 308 g/mol. The summed E-state index contributed by atoms with van der Waals surface area (Å²) < 4.78 is 9.79. The van der Waals surface area contributed by atoms with E-state index in [0.29, 0.717) is 23.7 Å². The van der Waals surface area contributed by atoms with Crippen LogP contribution in [0, 0.1) is 6.92 Å². The Hall–Kier alpha value is -2.32. The van der Waals surface area contributed by atoms with E-state index in [1.165, 1.54) is 13.2 Å². The summed E-state index contributed by atoms with van der Waals surface area (Å²) in [5, 5.41) is 6.32. The van der Waals surface area contributed by atoms with Crippen LogP contribution in [-0.4, -0.2) is 42.9 Å². The van der Waals surface area contributed by atoms with Crippen molar-refractivity contribution in [2.75, 3.05) is 20.3 Å². The molecule has 7 nitrogen and oxygen atoms in total. The summed E-state index contributed by atoms with van der Waals surface area (Å²) in [6, 6.07) is 1.42. The molecule has 2 aromatic heterocycles. The number of thiophene rings is 1. The number of hydrogen-bond donors (Lipinski definition) is 1. The summed E-state index contributed by atoms with van der Waals surface area (Å²) in [5.41, 5.74) is 0.750. The van der Waals surface area contributed by atoms with Crippen molar-refractivity contribution < 1.29 is 23.6 Å². The highest BCUT2D eigenvalue weighted by Gasteiger charge is 2.37. The van der Waals surface area contributed by atoms with Gasteiger partial charge in [0.1, 0.15) is 0 Å². The van der Waals surface area contributed by atoms with Crippen molar-refractivity contribution >= 4 is 28.8 Å². The Kier molecular flexibility index (Phi) is 3.63. The largest absolute Gasteiger partial charge is 0.383 e. The lowest BCUT2D eigenvalue weighted by atomic mass is 9.93. The van der Waals surface area contributed by atoms with Crippen molar-refractivity contribution in [1.82, 2.24) is 10.5 Å². The molecule has 1 aliphatic rings. The predicted molar refractivity (Wildman–Crippen MR) is 76.6 cm³/mol. The first-order chi connectivity index (χ1) is 10.5. The second-order valence-corrected chi connectivity index (χ2v) is 5.78. The number of aryl methyl sites for hydroxylation is 1. The molecule has 0 atom stereocenters. The van der Waals surface area contributed by atoms with E-state index in [4.69, 9.17) is 9.26 Å². The van der Waals surface area contributed by atoms with Gasteiger partial charge in [-0.05, 0) is 13.0 Å². The number of nitrogens with zero attached hydrogens (tertiary/aromatic N) is 1. The zero-order chi connectivity index (χ0) is 15.9. The molecule has 0 aromatic carbocycles. The van der Waals surface area contributed by atoms with Gasteiger partial charge in [-0.3, -0.25) is 14.4 Å². The van der Waals surface area contributed by atoms with Crippen molar-refractivity contribution in [3.05, 3.63) is 38.4 Å². The first kappa shape index (κ1) is 14.6. The van der Waals surface area contributed by atoms with Gasteiger partial charge in [0.05, 0.1) is 27.6 Å². The number of fused-ring (bicyclic) bond motifs is 2. The van der Waals surface area contributed by atoms with Crippen LogP contribution in [0.5, 0.6) is 0 Å². The molecule has 114 valence electrons. The molecule has 8 heteroatoms. The molecule has 0 fully saturated rings. The molecule has 1 N–H and O–H groups in total. The third-order valence-corrected chi connectivity index (χ3v) is 4.43. The molecule has 0 saturated heterocycles. The summed E-state index contributed by atoms with van der Waals surface area (Å²) in [4.78, 5) is 37.3. The average Bonchev–Trinajstić information content (AvgIpc) is 3.10. The summed E-state index contributed by atoms with van der Waals surface area (Å²) in [6.07, 6.45) is 0. The van der Waals surface area contributed by atoms with Gasteiger partial charge in [0, 0.05) is 19.2 Å². The zero-order valence-corrected chi connectivity index (χ0v) is 12.7. The first-order valence-electron chi connectivity index (χ1n) is 6.51. The first-order valence-corrected chi connectivity index (χ1v) is 7.33. The maximum atomic E-state index is 12.4. The maximum Gasteiger partial charge on any atom is 0.261 e. The van der Waals surface area contributed by atoms with Gasteiger partial charge < -0.3 is 14.6 Å². The Morgan fingerprint density at radius 3 is 2.91 bits per heavy atom. The number of rotatable bonds is 4. The number of amides is 1. The maximum absolute atomic E-state index is 12.4. The lowest BCUT2D eigenvalue weighted by Gasteiger charge is -2.07. The van der Waals surface area contributed by atoms with Gasteiger partial charge in [-0.25, -0.2) is 0 Å². The third-order valence-electron chi connectivity index (χ3n) is 3.29. The summed E-state index contributed by atoms with van der Waals surface area (Å²) in [5.74, 6) is -1.15.